The maximum absolute atomic E-state index is 12.7. The van der Waals surface area contributed by atoms with Crippen LogP contribution >= 0.6 is 11.6 Å². The number of aryl methyl sites for hydroxylation is 1. The van der Waals surface area contributed by atoms with Crippen molar-refractivity contribution in [3.63, 3.8) is 0 Å². The van der Waals surface area contributed by atoms with E-state index in [1.165, 1.54) is 0 Å². The zero-order valence-electron chi connectivity index (χ0n) is 15.3. The highest BCUT2D eigenvalue weighted by Gasteiger charge is 2.18. The van der Waals surface area contributed by atoms with Gasteiger partial charge in [-0.25, -0.2) is 0 Å². The Hall–Kier alpha value is -2.07. The van der Waals surface area contributed by atoms with Crippen molar-refractivity contribution < 1.29 is 4.79 Å². The van der Waals surface area contributed by atoms with E-state index in [-0.39, 0.29) is 11.0 Å². The van der Waals surface area contributed by atoms with Crippen molar-refractivity contribution in [2.45, 2.75) is 53.5 Å². The van der Waals surface area contributed by atoms with Crippen molar-refractivity contribution in [3.05, 3.63) is 62.0 Å². The first-order valence-electron chi connectivity index (χ1n) is 8.64. The molecule has 5 heteroatoms. The molecule has 0 spiro atoms. The van der Waals surface area contributed by atoms with Gasteiger partial charge in [0.15, 0.2) is 5.43 Å². The van der Waals surface area contributed by atoms with Gasteiger partial charge in [-0.05, 0) is 44.9 Å². The third kappa shape index (κ3) is 4.31. The van der Waals surface area contributed by atoms with Crippen LogP contribution in [0.4, 0.5) is 5.69 Å². The van der Waals surface area contributed by atoms with Crippen molar-refractivity contribution in [1.82, 2.24) is 4.57 Å². The SMILES string of the molecule is CCCCCn1c(C)cc(=O)c(C(=O)Nc2cccc(Cl)c2C)c1C. The first-order valence-corrected chi connectivity index (χ1v) is 9.02. The maximum atomic E-state index is 12.7. The molecule has 134 valence electrons. The second-order valence-corrected chi connectivity index (χ2v) is 6.74. The number of carbonyl (C=O) groups excluding carboxylic acids is 1. The van der Waals surface area contributed by atoms with Crippen LogP contribution in [0.3, 0.4) is 0 Å². The first kappa shape index (κ1) is 19.3. The number of unbranched alkanes of at least 4 members (excludes halogenated alkanes) is 2. The lowest BCUT2D eigenvalue weighted by Gasteiger charge is -2.18. The molecule has 4 nitrogen and oxygen atoms in total. The third-order valence-electron chi connectivity index (χ3n) is 4.51. The number of halogens is 1. The van der Waals surface area contributed by atoms with E-state index in [1.807, 2.05) is 20.8 Å². The summed E-state index contributed by atoms with van der Waals surface area (Å²) in [5.41, 5.74) is 2.94. The number of amides is 1. The molecular formula is C20H25ClN2O2. The Balaban J connectivity index is 2.37. The van der Waals surface area contributed by atoms with Crippen LogP contribution in [0.5, 0.6) is 0 Å². The molecule has 2 aromatic rings. The molecule has 1 heterocycles. The summed E-state index contributed by atoms with van der Waals surface area (Å²) < 4.78 is 2.05. The minimum absolute atomic E-state index is 0.196. The maximum Gasteiger partial charge on any atom is 0.261 e. The van der Waals surface area contributed by atoms with Gasteiger partial charge < -0.3 is 9.88 Å². The van der Waals surface area contributed by atoms with Gasteiger partial charge in [-0.15, -0.1) is 0 Å². The van der Waals surface area contributed by atoms with Gasteiger partial charge >= 0.3 is 0 Å². The molecule has 0 atom stereocenters. The van der Waals surface area contributed by atoms with Crippen molar-refractivity contribution in [1.29, 1.82) is 0 Å². The molecule has 0 radical (unpaired) electrons. The summed E-state index contributed by atoms with van der Waals surface area (Å²) in [6, 6.07) is 6.86. The molecule has 0 aliphatic heterocycles. The minimum Gasteiger partial charge on any atom is -0.348 e. The van der Waals surface area contributed by atoms with Gasteiger partial charge in [-0.2, -0.15) is 0 Å². The zero-order chi connectivity index (χ0) is 18.6. The van der Waals surface area contributed by atoms with E-state index in [0.717, 1.165) is 37.1 Å². The lowest BCUT2D eigenvalue weighted by molar-refractivity contribution is 0.102. The summed E-state index contributed by atoms with van der Waals surface area (Å²) in [6.07, 6.45) is 3.27. The van der Waals surface area contributed by atoms with E-state index in [9.17, 15) is 9.59 Å². The Morgan fingerprint density at radius 1 is 1.20 bits per heavy atom. The molecule has 1 N–H and O–H groups in total. The topological polar surface area (TPSA) is 51.1 Å². The molecule has 0 fully saturated rings. The predicted molar refractivity (Wildman–Crippen MR) is 104 cm³/mol. The summed E-state index contributed by atoms with van der Waals surface area (Å²) in [5.74, 6) is -0.392. The molecule has 0 aliphatic carbocycles. The van der Waals surface area contributed by atoms with E-state index in [0.29, 0.717) is 16.4 Å². The van der Waals surface area contributed by atoms with Crippen molar-refractivity contribution in [2.24, 2.45) is 0 Å². The molecule has 1 amide bonds. The number of hydrogen-bond acceptors (Lipinski definition) is 2. The molecule has 1 aromatic carbocycles. The molecule has 0 aliphatic rings. The Bertz CT molecular complexity index is 840. The van der Waals surface area contributed by atoms with Crippen LogP contribution in [-0.4, -0.2) is 10.5 Å². The largest absolute Gasteiger partial charge is 0.348 e. The minimum atomic E-state index is -0.392. The van der Waals surface area contributed by atoms with E-state index in [1.54, 1.807) is 24.3 Å². The lowest BCUT2D eigenvalue weighted by Crippen LogP contribution is -2.27. The quantitative estimate of drug-likeness (QED) is 0.747. The van der Waals surface area contributed by atoms with Crippen LogP contribution < -0.4 is 10.7 Å². The third-order valence-corrected chi connectivity index (χ3v) is 4.92. The van der Waals surface area contributed by atoms with Gasteiger partial charge in [0, 0.05) is 34.7 Å². The Labute approximate surface area is 153 Å². The van der Waals surface area contributed by atoms with Crippen molar-refractivity contribution in [2.75, 3.05) is 5.32 Å². The zero-order valence-corrected chi connectivity index (χ0v) is 16.0. The molecule has 2 rings (SSSR count). The molecule has 25 heavy (non-hydrogen) atoms. The fourth-order valence-electron chi connectivity index (χ4n) is 2.99. The standard InChI is InChI=1S/C20H25ClN2O2/c1-5-6-7-11-23-13(2)12-18(24)19(15(23)4)20(25)22-17-10-8-9-16(21)14(17)3/h8-10,12H,5-7,11H2,1-4H3,(H,22,25). The van der Waals surface area contributed by atoms with Crippen LogP contribution in [0.25, 0.3) is 0 Å². The predicted octanol–water partition coefficient (Wildman–Crippen LogP) is 4.87. The number of nitrogens with zero attached hydrogens (tertiary/aromatic N) is 1. The Kier molecular flexibility index (Phi) is 6.43. The number of aromatic nitrogens is 1. The van der Waals surface area contributed by atoms with Gasteiger partial charge in [0.05, 0.1) is 0 Å². The molecular weight excluding hydrogens is 336 g/mol. The second-order valence-electron chi connectivity index (χ2n) is 6.34. The van der Waals surface area contributed by atoms with Gasteiger partial charge in [0.1, 0.15) is 5.56 Å². The summed E-state index contributed by atoms with van der Waals surface area (Å²) >= 11 is 6.11. The average molecular weight is 361 g/mol. The van der Waals surface area contributed by atoms with Gasteiger partial charge in [-0.3, -0.25) is 9.59 Å². The highest BCUT2D eigenvalue weighted by atomic mass is 35.5. The van der Waals surface area contributed by atoms with Crippen molar-refractivity contribution in [3.8, 4) is 0 Å². The van der Waals surface area contributed by atoms with Crippen LogP contribution in [0, 0.1) is 20.8 Å². The molecule has 0 unspecified atom stereocenters. The fraction of sp³-hybridized carbons (Fsp3) is 0.400. The van der Waals surface area contributed by atoms with Crippen LogP contribution in [0.2, 0.25) is 5.02 Å². The summed E-state index contributed by atoms with van der Waals surface area (Å²) in [6.45, 7) is 8.53. The normalized spacial score (nSPS) is 10.8. The van der Waals surface area contributed by atoms with E-state index < -0.39 is 5.91 Å². The average Bonchev–Trinajstić information content (AvgIpc) is 2.54. The fourth-order valence-corrected chi connectivity index (χ4v) is 3.16. The smallest absolute Gasteiger partial charge is 0.261 e. The number of nitrogens with one attached hydrogen (secondary N) is 1. The highest BCUT2D eigenvalue weighted by Crippen LogP contribution is 2.23. The number of rotatable bonds is 6. The molecule has 0 bridgehead atoms. The summed E-state index contributed by atoms with van der Waals surface area (Å²) in [5, 5.41) is 3.41. The Morgan fingerprint density at radius 2 is 1.92 bits per heavy atom. The monoisotopic (exact) mass is 360 g/mol. The summed E-state index contributed by atoms with van der Waals surface area (Å²) in [4.78, 5) is 25.2. The number of hydrogen-bond donors (Lipinski definition) is 1. The molecule has 1 aromatic heterocycles. The number of anilines is 1. The van der Waals surface area contributed by atoms with Crippen LogP contribution in [0.1, 0.15) is 53.5 Å². The molecule has 0 saturated carbocycles. The first-order chi connectivity index (χ1) is 11.9. The van der Waals surface area contributed by atoms with Crippen LogP contribution in [0.15, 0.2) is 29.1 Å². The van der Waals surface area contributed by atoms with Gasteiger partial charge in [-0.1, -0.05) is 37.4 Å². The highest BCUT2D eigenvalue weighted by molar-refractivity contribution is 6.31. The van der Waals surface area contributed by atoms with Crippen molar-refractivity contribution >= 4 is 23.2 Å². The molecule has 0 saturated heterocycles. The number of benzene rings is 1. The number of pyridine rings is 1. The lowest BCUT2D eigenvalue weighted by atomic mass is 10.1. The van der Waals surface area contributed by atoms with Gasteiger partial charge in [0.25, 0.3) is 5.91 Å². The van der Waals surface area contributed by atoms with E-state index in [2.05, 4.69) is 16.8 Å². The summed E-state index contributed by atoms with van der Waals surface area (Å²) in [7, 11) is 0. The van der Waals surface area contributed by atoms with E-state index >= 15 is 0 Å². The van der Waals surface area contributed by atoms with Gasteiger partial charge in [0.2, 0.25) is 0 Å². The van der Waals surface area contributed by atoms with E-state index in [4.69, 9.17) is 11.6 Å². The number of carbonyl (C=O) groups is 1. The Morgan fingerprint density at radius 3 is 2.60 bits per heavy atom. The van der Waals surface area contributed by atoms with Crippen LogP contribution in [-0.2, 0) is 6.54 Å². The second kappa shape index (κ2) is 8.34.